The van der Waals surface area contributed by atoms with Crippen LogP contribution in [0.1, 0.15) is 29.8 Å². The van der Waals surface area contributed by atoms with Crippen molar-refractivity contribution in [3.8, 4) is 11.1 Å². The lowest BCUT2D eigenvalue weighted by Gasteiger charge is -2.14. The normalized spacial score (nSPS) is 14.2. The number of hydrogen-bond acceptors (Lipinski definition) is 5. The molecule has 7 heteroatoms. The van der Waals surface area contributed by atoms with Crippen molar-refractivity contribution in [1.29, 1.82) is 0 Å². The minimum absolute atomic E-state index is 0.0676. The smallest absolute Gasteiger partial charge is 0.365 e. The van der Waals surface area contributed by atoms with E-state index in [-0.39, 0.29) is 27.8 Å². The molecule has 0 radical (unpaired) electrons. The van der Waals surface area contributed by atoms with E-state index in [0.717, 1.165) is 4.68 Å². The topological polar surface area (TPSA) is 78.3 Å². The van der Waals surface area contributed by atoms with Gasteiger partial charge in [0.05, 0.1) is 10.6 Å². The third-order valence-electron chi connectivity index (χ3n) is 3.83. The maximum absolute atomic E-state index is 12.5. The number of carbonyl (C=O) groups is 2. The van der Waals surface area contributed by atoms with Crippen LogP contribution in [0.3, 0.4) is 0 Å². The number of allylic oxidation sites excluding steroid dienone is 2. The summed E-state index contributed by atoms with van der Waals surface area (Å²) < 4.78 is 6.30. The van der Waals surface area contributed by atoms with Gasteiger partial charge in [-0.1, -0.05) is 41.9 Å². The number of benzene rings is 1. The number of rotatable bonds is 3. The van der Waals surface area contributed by atoms with Crippen molar-refractivity contribution in [3.05, 3.63) is 63.2 Å². The highest BCUT2D eigenvalue weighted by Gasteiger charge is 2.24. The lowest BCUT2D eigenvalue weighted by molar-refractivity contribution is -0.115. The van der Waals surface area contributed by atoms with Crippen molar-refractivity contribution in [2.75, 3.05) is 0 Å². The first-order valence-electron chi connectivity index (χ1n) is 7.75. The number of hydrogen-bond donors (Lipinski definition) is 0. The molecule has 0 bridgehead atoms. The molecule has 3 rings (SSSR count). The van der Waals surface area contributed by atoms with E-state index in [1.807, 2.05) is 6.07 Å². The van der Waals surface area contributed by atoms with Gasteiger partial charge in [-0.2, -0.15) is 5.10 Å². The summed E-state index contributed by atoms with van der Waals surface area (Å²) in [4.78, 5) is 36.3. The average molecular weight is 359 g/mol. The molecule has 25 heavy (non-hydrogen) atoms. The Balaban J connectivity index is 2.03. The number of carbonyl (C=O) groups excluding carboxylic acids is 2. The predicted molar refractivity (Wildman–Crippen MR) is 92.3 cm³/mol. The number of aromatic nitrogens is 2. The van der Waals surface area contributed by atoms with Crippen LogP contribution in [-0.4, -0.2) is 21.5 Å². The Morgan fingerprint density at radius 1 is 1.20 bits per heavy atom. The molecule has 1 aromatic carbocycles. The number of ether oxygens (including phenoxy) is 1. The van der Waals surface area contributed by atoms with E-state index in [1.54, 1.807) is 24.3 Å². The van der Waals surface area contributed by atoms with Gasteiger partial charge in [0.25, 0.3) is 5.56 Å². The first-order chi connectivity index (χ1) is 12.0. The highest BCUT2D eigenvalue weighted by Crippen LogP contribution is 2.27. The first-order valence-corrected chi connectivity index (χ1v) is 8.13. The van der Waals surface area contributed by atoms with E-state index in [2.05, 4.69) is 5.10 Å². The Hall–Kier alpha value is -2.73. The molecule has 0 saturated heterocycles. The lowest BCUT2D eigenvalue weighted by Crippen LogP contribution is -2.26. The van der Waals surface area contributed by atoms with Crippen LogP contribution in [-0.2, 0) is 16.6 Å². The summed E-state index contributed by atoms with van der Waals surface area (Å²) >= 11 is 6.30. The molecule has 1 aliphatic rings. The molecule has 0 unspecified atom stereocenters. The number of aryl methyl sites for hydroxylation is 1. The fourth-order valence-electron chi connectivity index (χ4n) is 2.61. The zero-order valence-corrected chi connectivity index (χ0v) is 14.2. The summed E-state index contributed by atoms with van der Waals surface area (Å²) in [5, 5.41) is 3.86. The standard InChI is InChI=1S/C18H15ClN2O4/c1-21-17(23)14(11-6-3-2-4-7-11)15(19)16(20-21)18(24)25-13-9-5-8-12(22)10-13/h2-4,6-7,10H,5,8-9H2,1H3. The van der Waals surface area contributed by atoms with Crippen LogP contribution in [0.4, 0.5) is 0 Å². The van der Waals surface area contributed by atoms with Gasteiger partial charge < -0.3 is 4.74 Å². The second kappa shape index (κ2) is 7.03. The summed E-state index contributed by atoms with van der Waals surface area (Å²) in [6, 6.07) is 8.79. The van der Waals surface area contributed by atoms with Gasteiger partial charge in [0.2, 0.25) is 0 Å². The first kappa shape index (κ1) is 17.1. The Morgan fingerprint density at radius 3 is 2.60 bits per heavy atom. The van der Waals surface area contributed by atoms with Crippen LogP contribution in [0.5, 0.6) is 0 Å². The molecular weight excluding hydrogens is 344 g/mol. The van der Waals surface area contributed by atoms with Gasteiger partial charge in [-0.05, 0) is 12.0 Å². The second-order valence-corrected chi connectivity index (χ2v) is 6.03. The molecule has 0 spiro atoms. The molecule has 128 valence electrons. The molecule has 0 aliphatic heterocycles. The Kier molecular flexibility index (Phi) is 4.81. The van der Waals surface area contributed by atoms with Crippen molar-refractivity contribution in [1.82, 2.24) is 9.78 Å². The van der Waals surface area contributed by atoms with E-state index >= 15 is 0 Å². The van der Waals surface area contributed by atoms with Gasteiger partial charge in [0, 0.05) is 26.0 Å². The molecular formula is C18H15ClN2O4. The second-order valence-electron chi connectivity index (χ2n) is 5.65. The summed E-state index contributed by atoms with van der Waals surface area (Å²) in [5.41, 5.74) is 0.179. The van der Waals surface area contributed by atoms with E-state index in [4.69, 9.17) is 16.3 Å². The number of halogens is 1. The molecule has 0 fully saturated rings. The van der Waals surface area contributed by atoms with E-state index < -0.39 is 11.5 Å². The van der Waals surface area contributed by atoms with Gasteiger partial charge >= 0.3 is 5.97 Å². The zero-order chi connectivity index (χ0) is 18.0. The van der Waals surface area contributed by atoms with Crippen LogP contribution in [0.2, 0.25) is 5.02 Å². The summed E-state index contributed by atoms with van der Waals surface area (Å²) in [5.74, 6) is -0.591. The Bertz CT molecular complexity index is 932. The molecule has 1 heterocycles. The summed E-state index contributed by atoms with van der Waals surface area (Å²) in [7, 11) is 1.44. The van der Waals surface area contributed by atoms with Crippen molar-refractivity contribution in [3.63, 3.8) is 0 Å². The Labute approximate surface area is 148 Å². The third-order valence-corrected chi connectivity index (χ3v) is 4.20. The largest absolute Gasteiger partial charge is 0.426 e. The van der Waals surface area contributed by atoms with Crippen LogP contribution >= 0.6 is 11.6 Å². The SMILES string of the molecule is Cn1nc(C(=O)OC2=CC(=O)CCC2)c(Cl)c(-c2ccccc2)c1=O. The minimum Gasteiger partial charge on any atom is -0.426 e. The Morgan fingerprint density at radius 2 is 1.92 bits per heavy atom. The highest BCUT2D eigenvalue weighted by molar-refractivity contribution is 6.35. The van der Waals surface area contributed by atoms with Crippen molar-refractivity contribution < 1.29 is 14.3 Å². The monoisotopic (exact) mass is 358 g/mol. The van der Waals surface area contributed by atoms with Crippen LogP contribution in [0, 0.1) is 0 Å². The van der Waals surface area contributed by atoms with Crippen LogP contribution in [0.25, 0.3) is 11.1 Å². The fourth-order valence-corrected chi connectivity index (χ4v) is 2.91. The number of esters is 1. The average Bonchev–Trinajstić information content (AvgIpc) is 2.59. The summed E-state index contributed by atoms with van der Waals surface area (Å²) in [6.45, 7) is 0. The molecule has 1 aromatic heterocycles. The number of ketones is 1. The molecule has 2 aromatic rings. The van der Waals surface area contributed by atoms with Crippen molar-refractivity contribution in [2.24, 2.45) is 7.05 Å². The van der Waals surface area contributed by atoms with Gasteiger partial charge in [-0.25, -0.2) is 9.48 Å². The molecule has 6 nitrogen and oxygen atoms in total. The van der Waals surface area contributed by atoms with E-state index in [9.17, 15) is 14.4 Å². The van der Waals surface area contributed by atoms with Crippen molar-refractivity contribution >= 4 is 23.4 Å². The zero-order valence-electron chi connectivity index (χ0n) is 13.5. The van der Waals surface area contributed by atoms with Crippen molar-refractivity contribution in [2.45, 2.75) is 19.3 Å². The van der Waals surface area contributed by atoms with Gasteiger partial charge in [0.15, 0.2) is 11.5 Å². The maximum Gasteiger partial charge on any atom is 0.365 e. The van der Waals surface area contributed by atoms with E-state index in [0.29, 0.717) is 24.8 Å². The van der Waals surface area contributed by atoms with Crippen LogP contribution < -0.4 is 5.56 Å². The molecule has 0 N–H and O–H groups in total. The molecule has 0 amide bonds. The van der Waals surface area contributed by atoms with E-state index in [1.165, 1.54) is 13.1 Å². The fraction of sp³-hybridized carbons (Fsp3) is 0.222. The minimum atomic E-state index is -0.793. The quantitative estimate of drug-likeness (QED) is 0.788. The highest BCUT2D eigenvalue weighted by atomic mass is 35.5. The number of nitrogens with zero attached hydrogens (tertiary/aromatic N) is 2. The molecule has 1 aliphatic carbocycles. The lowest BCUT2D eigenvalue weighted by atomic mass is 10.1. The summed E-state index contributed by atoms with van der Waals surface area (Å²) in [6.07, 6.45) is 2.88. The van der Waals surface area contributed by atoms with Gasteiger partial charge in [-0.3, -0.25) is 9.59 Å². The third kappa shape index (κ3) is 3.53. The van der Waals surface area contributed by atoms with Gasteiger partial charge in [0.1, 0.15) is 5.76 Å². The van der Waals surface area contributed by atoms with Crippen LogP contribution in [0.15, 0.2) is 47.0 Å². The van der Waals surface area contributed by atoms with Gasteiger partial charge in [-0.15, -0.1) is 0 Å². The predicted octanol–water partition coefficient (Wildman–Crippen LogP) is 2.89. The molecule has 0 saturated carbocycles. The maximum atomic E-state index is 12.5. The molecule has 0 atom stereocenters.